The van der Waals surface area contributed by atoms with Crippen molar-refractivity contribution in [1.82, 2.24) is 15.5 Å². The first-order valence-corrected chi connectivity index (χ1v) is 14.2. The lowest BCUT2D eigenvalue weighted by Gasteiger charge is -2.27. The number of nitrogens with two attached hydrogens (primary N) is 1. The van der Waals surface area contributed by atoms with Crippen LogP contribution in [0, 0.1) is 5.41 Å². The van der Waals surface area contributed by atoms with Gasteiger partial charge in [-0.3, -0.25) is 19.4 Å². The SMILES string of the molecule is C[C@@]12C[C@@H]1N(C(=O)CNC(=O)c1ccc(Oc3ccccc3)cc1)[C@H](C(=O)NCc1cc3c(s1)CCN=C3N)C2. The number of fused-ring (bicyclic) bond motifs is 2. The smallest absolute Gasteiger partial charge is 0.251 e. The summed E-state index contributed by atoms with van der Waals surface area (Å²) >= 11 is 1.64. The van der Waals surface area contributed by atoms with Gasteiger partial charge in [-0.05, 0) is 60.7 Å². The van der Waals surface area contributed by atoms with Crippen molar-refractivity contribution in [3.8, 4) is 11.5 Å². The lowest BCUT2D eigenvalue weighted by atomic mass is 10.0. The largest absolute Gasteiger partial charge is 0.457 e. The van der Waals surface area contributed by atoms with Crippen LogP contribution in [-0.2, 0) is 22.6 Å². The maximum atomic E-state index is 13.3. The summed E-state index contributed by atoms with van der Waals surface area (Å²) in [6.45, 7) is 3.01. The maximum Gasteiger partial charge on any atom is 0.251 e. The fourth-order valence-electron chi connectivity index (χ4n) is 5.64. The Bertz CT molecular complexity index is 1490. The molecule has 2 aromatic carbocycles. The number of ether oxygens (including phenoxy) is 1. The van der Waals surface area contributed by atoms with Crippen molar-refractivity contribution in [2.45, 2.75) is 44.8 Å². The molecule has 0 unspecified atom stereocenters. The maximum absolute atomic E-state index is 13.3. The first kappa shape index (κ1) is 26.1. The molecule has 0 radical (unpaired) electrons. The Labute approximate surface area is 236 Å². The van der Waals surface area contributed by atoms with Crippen LogP contribution in [0.5, 0.6) is 11.5 Å². The van der Waals surface area contributed by atoms with E-state index in [2.05, 4.69) is 22.5 Å². The number of piperidine rings is 1. The predicted molar refractivity (Wildman–Crippen MR) is 153 cm³/mol. The van der Waals surface area contributed by atoms with Crippen molar-refractivity contribution in [3.05, 3.63) is 81.5 Å². The zero-order valence-corrected chi connectivity index (χ0v) is 23.0. The van der Waals surface area contributed by atoms with Crippen LogP contribution < -0.4 is 21.1 Å². The van der Waals surface area contributed by atoms with E-state index in [1.807, 2.05) is 36.4 Å². The molecule has 4 N–H and O–H groups in total. The molecule has 0 spiro atoms. The Morgan fingerprint density at radius 2 is 1.82 bits per heavy atom. The van der Waals surface area contributed by atoms with E-state index in [9.17, 15) is 14.4 Å². The van der Waals surface area contributed by atoms with Crippen molar-refractivity contribution in [2.24, 2.45) is 16.1 Å². The highest BCUT2D eigenvalue weighted by Crippen LogP contribution is 2.59. The summed E-state index contributed by atoms with van der Waals surface area (Å²) in [5, 5.41) is 5.74. The minimum atomic E-state index is -0.552. The average Bonchev–Trinajstić information content (AvgIpc) is 3.28. The van der Waals surface area contributed by atoms with E-state index >= 15 is 0 Å². The van der Waals surface area contributed by atoms with Gasteiger partial charge in [-0.15, -0.1) is 11.3 Å². The second-order valence-electron chi connectivity index (χ2n) is 10.8. The van der Waals surface area contributed by atoms with Crippen LogP contribution in [-0.4, -0.2) is 53.6 Å². The summed E-state index contributed by atoms with van der Waals surface area (Å²) in [6, 6.07) is 17.6. The standard InChI is InChI=1S/C30H31N5O4S/c1-30-14-23(29(38)33-16-21-13-22-24(40-21)11-12-32-27(22)31)35(25(30)15-30)26(36)17-34-28(37)18-7-9-20(10-8-18)39-19-5-3-2-4-6-19/h2-10,13,23,25H,11-12,14-17H2,1H3,(H2,31,32)(H,33,38)(H,34,37)/t23-,25-,30+/m0/s1. The van der Waals surface area contributed by atoms with Gasteiger partial charge < -0.3 is 26.0 Å². The molecular formula is C30H31N5O4S. The fourth-order valence-corrected chi connectivity index (χ4v) is 6.74. The van der Waals surface area contributed by atoms with Gasteiger partial charge in [-0.2, -0.15) is 0 Å². The van der Waals surface area contributed by atoms with E-state index in [0.717, 1.165) is 23.3 Å². The van der Waals surface area contributed by atoms with E-state index in [1.54, 1.807) is 40.5 Å². The highest BCUT2D eigenvalue weighted by Gasteiger charge is 2.64. The molecule has 2 aliphatic heterocycles. The van der Waals surface area contributed by atoms with Crippen molar-refractivity contribution >= 4 is 34.9 Å². The van der Waals surface area contributed by atoms with Crippen LogP contribution >= 0.6 is 11.3 Å². The quantitative estimate of drug-likeness (QED) is 0.392. The summed E-state index contributed by atoms with van der Waals surface area (Å²) in [5.74, 6) is 1.08. The van der Waals surface area contributed by atoms with E-state index in [4.69, 9.17) is 10.5 Å². The van der Waals surface area contributed by atoms with Gasteiger partial charge in [0.25, 0.3) is 5.91 Å². The zero-order chi connectivity index (χ0) is 27.9. The molecule has 1 saturated carbocycles. The molecule has 6 rings (SSSR count). The first-order chi connectivity index (χ1) is 19.3. The van der Waals surface area contributed by atoms with Gasteiger partial charge in [-0.1, -0.05) is 25.1 Å². The molecule has 1 aromatic heterocycles. The molecule has 206 valence electrons. The number of carbonyl (C=O) groups is 3. The van der Waals surface area contributed by atoms with Gasteiger partial charge >= 0.3 is 0 Å². The molecule has 10 heteroatoms. The van der Waals surface area contributed by atoms with Gasteiger partial charge in [-0.25, -0.2) is 0 Å². The number of benzene rings is 2. The molecular weight excluding hydrogens is 526 g/mol. The molecule has 1 saturated heterocycles. The van der Waals surface area contributed by atoms with Crippen LogP contribution in [0.1, 0.15) is 45.4 Å². The third-order valence-electron chi connectivity index (χ3n) is 7.92. The summed E-state index contributed by atoms with van der Waals surface area (Å²) in [6.07, 6.45) is 2.35. The summed E-state index contributed by atoms with van der Waals surface area (Å²) < 4.78 is 5.77. The minimum Gasteiger partial charge on any atom is -0.457 e. The van der Waals surface area contributed by atoms with E-state index in [1.165, 1.54) is 4.88 Å². The molecule has 2 fully saturated rings. The molecule has 0 bridgehead atoms. The molecule has 3 aliphatic rings. The number of amidine groups is 1. The predicted octanol–water partition coefficient (Wildman–Crippen LogP) is 3.23. The average molecular weight is 558 g/mol. The van der Waals surface area contributed by atoms with Crippen molar-refractivity contribution in [3.63, 3.8) is 0 Å². The molecule has 9 nitrogen and oxygen atoms in total. The number of thiophene rings is 1. The van der Waals surface area contributed by atoms with Crippen LogP contribution in [0.15, 0.2) is 65.7 Å². The summed E-state index contributed by atoms with van der Waals surface area (Å²) in [5.41, 5.74) is 7.34. The van der Waals surface area contributed by atoms with Crippen molar-refractivity contribution < 1.29 is 19.1 Å². The van der Waals surface area contributed by atoms with Crippen LogP contribution in [0.2, 0.25) is 0 Å². The number of nitrogens with one attached hydrogen (secondary N) is 2. The summed E-state index contributed by atoms with van der Waals surface area (Å²) in [7, 11) is 0. The van der Waals surface area contributed by atoms with Gasteiger partial charge in [0.05, 0.1) is 13.1 Å². The highest BCUT2D eigenvalue weighted by molar-refractivity contribution is 7.12. The first-order valence-electron chi connectivity index (χ1n) is 13.4. The number of hydrogen-bond donors (Lipinski definition) is 3. The number of amides is 3. The number of para-hydroxylation sites is 1. The number of nitrogens with zero attached hydrogens (tertiary/aromatic N) is 2. The Kier molecular flexibility index (Phi) is 6.79. The monoisotopic (exact) mass is 557 g/mol. The second-order valence-corrected chi connectivity index (χ2v) is 12.0. The third kappa shape index (κ3) is 5.19. The lowest BCUT2D eigenvalue weighted by molar-refractivity contribution is -0.139. The van der Waals surface area contributed by atoms with Crippen LogP contribution in [0.25, 0.3) is 0 Å². The number of likely N-dealkylation sites (tertiary alicyclic amines) is 1. The Morgan fingerprint density at radius 3 is 2.58 bits per heavy atom. The molecule has 3 amide bonds. The Morgan fingerprint density at radius 1 is 1.07 bits per heavy atom. The normalized spacial score (nSPS) is 22.5. The number of rotatable bonds is 8. The molecule has 3 atom stereocenters. The fraction of sp³-hybridized carbons (Fsp3) is 0.333. The van der Waals surface area contributed by atoms with Gasteiger partial charge in [0.1, 0.15) is 23.4 Å². The highest BCUT2D eigenvalue weighted by atomic mass is 32.1. The van der Waals surface area contributed by atoms with Crippen molar-refractivity contribution in [1.29, 1.82) is 0 Å². The molecule has 40 heavy (non-hydrogen) atoms. The minimum absolute atomic E-state index is 0.0205. The van der Waals surface area contributed by atoms with Gasteiger partial charge in [0.15, 0.2) is 0 Å². The van der Waals surface area contributed by atoms with E-state index in [0.29, 0.717) is 42.4 Å². The molecule has 3 aromatic rings. The topological polar surface area (TPSA) is 126 Å². The van der Waals surface area contributed by atoms with Gasteiger partial charge in [0.2, 0.25) is 11.8 Å². The number of aliphatic imine (C=N–C) groups is 1. The Hall–Kier alpha value is -4.18. The van der Waals surface area contributed by atoms with Crippen LogP contribution in [0.3, 0.4) is 0 Å². The number of carbonyl (C=O) groups excluding carboxylic acids is 3. The van der Waals surface area contributed by atoms with Gasteiger partial charge in [0, 0.05) is 39.9 Å². The Balaban J connectivity index is 1.04. The molecule has 1 aliphatic carbocycles. The van der Waals surface area contributed by atoms with E-state index < -0.39 is 6.04 Å². The van der Waals surface area contributed by atoms with Crippen LogP contribution in [0.4, 0.5) is 0 Å². The lowest BCUT2D eigenvalue weighted by Crippen LogP contribution is -2.50. The van der Waals surface area contributed by atoms with E-state index in [-0.39, 0.29) is 35.7 Å². The summed E-state index contributed by atoms with van der Waals surface area (Å²) in [4.78, 5) is 47.4. The molecule has 3 heterocycles. The third-order valence-corrected chi connectivity index (χ3v) is 9.11. The zero-order valence-electron chi connectivity index (χ0n) is 22.2. The van der Waals surface area contributed by atoms with Crippen molar-refractivity contribution in [2.75, 3.05) is 13.1 Å². The second kappa shape index (κ2) is 10.4. The number of hydrogen-bond acceptors (Lipinski definition) is 7.